The van der Waals surface area contributed by atoms with Gasteiger partial charge < -0.3 is 5.73 Å². The van der Waals surface area contributed by atoms with Gasteiger partial charge in [0.1, 0.15) is 6.54 Å². The maximum Gasteiger partial charge on any atom is 0.419 e. The molecule has 0 fully saturated rings. The Morgan fingerprint density at radius 3 is 1.96 bits per heavy atom. The van der Waals surface area contributed by atoms with Gasteiger partial charge in [0.05, 0.1) is 13.1 Å². The highest BCUT2D eigenvalue weighted by atomic mass is 16.2. The highest BCUT2D eigenvalue weighted by Gasteiger charge is 2.35. The standard InChI is InChI=1S/C22H41N3O/c1-2-3-4-5-6-7-8-9-10-11-12-13-14-15-16-17-19-25(22(23)26)20-18-24-21-25/h9-10,21H,2-8,11-20H2,1H3,(H-,23,26)/p+1/b10-9-. The van der Waals surface area contributed by atoms with Gasteiger partial charge in [-0.15, -0.1) is 0 Å². The Bertz CT molecular complexity index is 420. The molecule has 0 aromatic heterocycles. The first-order valence-corrected chi connectivity index (χ1v) is 11.0. The molecule has 0 radical (unpaired) electrons. The normalized spacial score (nSPS) is 19.6. The monoisotopic (exact) mass is 364 g/mol. The van der Waals surface area contributed by atoms with E-state index in [-0.39, 0.29) is 10.5 Å². The molecule has 2 N–H and O–H groups in total. The molecule has 1 atom stereocenters. The number of nitrogens with two attached hydrogens (primary N) is 1. The lowest BCUT2D eigenvalue weighted by Gasteiger charge is -2.24. The lowest BCUT2D eigenvalue weighted by atomic mass is 10.1. The maximum absolute atomic E-state index is 11.6. The van der Waals surface area contributed by atoms with Crippen LogP contribution in [0, 0.1) is 0 Å². The number of primary amides is 1. The van der Waals surface area contributed by atoms with E-state index in [0.717, 1.165) is 26.1 Å². The number of aliphatic imine (C=N–C) groups is 1. The summed E-state index contributed by atoms with van der Waals surface area (Å²) in [5.41, 5.74) is 5.53. The van der Waals surface area contributed by atoms with E-state index in [2.05, 4.69) is 24.1 Å². The molecule has 1 aliphatic rings. The van der Waals surface area contributed by atoms with Crippen molar-refractivity contribution in [2.24, 2.45) is 10.7 Å². The van der Waals surface area contributed by atoms with Crippen molar-refractivity contribution in [1.29, 1.82) is 0 Å². The van der Waals surface area contributed by atoms with Crippen LogP contribution in [0.4, 0.5) is 4.79 Å². The van der Waals surface area contributed by atoms with Crippen molar-refractivity contribution in [3.8, 4) is 0 Å². The summed E-state index contributed by atoms with van der Waals surface area (Å²) in [5.74, 6) is 0. The number of unbranched alkanes of at least 4 members (excludes halogenated alkanes) is 12. The minimum absolute atomic E-state index is 0.251. The second-order valence-electron chi connectivity index (χ2n) is 7.78. The summed E-state index contributed by atoms with van der Waals surface area (Å²) in [5, 5.41) is 0. The van der Waals surface area contributed by atoms with Crippen LogP contribution in [0.2, 0.25) is 0 Å². The summed E-state index contributed by atoms with van der Waals surface area (Å²) in [6, 6.07) is -0.251. The average Bonchev–Trinajstić information content (AvgIpc) is 3.12. The summed E-state index contributed by atoms with van der Waals surface area (Å²) < 4.78 is 0.267. The first kappa shape index (κ1) is 22.9. The number of urea groups is 1. The van der Waals surface area contributed by atoms with Crippen LogP contribution in [0.5, 0.6) is 0 Å². The minimum atomic E-state index is -0.251. The molecule has 0 saturated heterocycles. The number of carbonyl (C=O) groups excluding carboxylic acids is 1. The molecule has 1 unspecified atom stereocenters. The Morgan fingerprint density at radius 2 is 1.46 bits per heavy atom. The van der Waals surface area contributed by atoms with E-state index in [1.807, 2.05) is 0 Å². The number of rotatable bonds is 16. The Morgan fingerprint density at radius 1 is 0.923 bits per heavy atom. The lowest BCUT2D eigenvalue weighted by molar-refractivity contribution is -0.743. The van der Waals surface area contributed by atoms with Crippen molar-refractivity contribution in [2.45, 2.75) is 96.8 Å². The topological polar surface area (TPSA) is 55.5 Å². The minimum Gasteiger partial charge on any atom is -0.319 e. The first-order valence-electron chi connectivity index (χ1n) is 11.0. The predicted octanol–water partition coefficient (Wildman–Crippen LogP) is 5.96. The van der Waals surface area contributed by atoms with Crippen LogP contribution in [-0.4, -0.2) is 36.5 Å². The molecule has 1 rings (SSSR count). The van der Waals surface area contributed by atoms with Gasteiger partial charge in [-0.05, 0) is 38.5 Å². The summed E-state index contributed by atoms with van der Waals surface area (Å²) in [6.07, 6.45) is 24.7. The molecule has 1 aliphatic heterocycles. The van der Waals surface area contributed by atoms with Crippen molar-refractivity contribution in [1.82, 2.24) is 0 Å². The third-order valence-electron chi connectivity index (χ3n) is 5.44. The summed E-state index contributed by atoms with van der Waals surface area (Å²) in [7, 11) is 0. The second kappa shape index (κ2) is 15.0. The number of nitrogens with zero attached hydrogens (tertiary/aromatic N) is 2. The van der Waals surface area contributed by atoms with E-state index in [0.29, 0.717) is 0 Å². The molecule has 150 valence electrons. The van der Waals surface area contributed by atoms with Gasteiger partial charge in [0.2, 0.25) is 0 Å². The fourth-order valence-corrected chi connectivity index (χ4v) is 3.60. The molecule has 0 aliphatic carbocycles. The van der Waals surface area contributed by atoms with Crippen molar-refractivity contribution in [3.05, 3.63) is 12.2 Å². The smallest absolute Gasteiger partial charge is 0.319 e. The SMILES string of the molecule is CCCCCCCC/C=C\CCCCCCCC[N+]1(C(N)=O)C=NCC1. The number of hydrogen-bond acceptors (Lipinski definition) is 2. The van der Waals surface area contributed by atoms with Crippen molar-refractivity contribution in [2.75, 3.05) is 19.6 Å². The van der Waals surface area contributed by atoms with Crippen LogP contribution >= 0.6 is 0 Å². The van der Waals surface area contributed by atoms with Crippen LogP contribution in [0.25, 0.3) is 0 Å². The molecule has 0 aromatic rings. The lowest BCUT2D eigenvalue weighted by Crippen LogP contribution is -2.54. The molecule has 4 nitrogen and oxygen atoms in total. The van der Waals surface area contributed by atoms with Gasteiger partial charge in [0.25, 0.3) is 0 Å². The zero-order chi connectivity index (χ0) is 18.9. The van der Waals surface area contributed by atoms with Gasteiger partial charge in [-0.1, -0.05) is 70.4 Å². The fourth-order valence-electron chi connectivity index (χ4n) is 3.60. The molecule has 1 heterocycles. The Labute approximate surface area is 161 Å². The van der Waals surface area contributed by atoms with Crippen molar-refractivity contribution in [3.63, 3.8) is 0 Å². The Balaban J connectivity index is 1.85. The number of amides is 2. The van der Waals surface area contributed by atoms with Gasteiger partial charge in [-0.25, -0.2) is 9.79 Å². The second-order valence-corrected chi connectivity index (χ2v) is 7.78. The third kappa shape index (κ3) is 10.1. The van der Waals surface area contributed by atoms with E-state index in [1.165, 1.54) is 83.5 Å². The van der Waals surface area contributed by atoms with E-state index >= 15 is 0 Å². The highest BCUT2D eigenvalue weighted by Crippen LogP contribution is 2.14. The maximum atomic E-state index is 11.6. The van der Waals surface area contributed by atoms with Gasteiger partial charge in [0, 0.05) is 0 Å². The van der Waals surface area contributed by atoms with Crippen LogP contribution in [-0.2, 0) is 0 Å². The molecule has 4 heteroatoms. The van der Waals surface area contributed by atoms with Crippen LogP contribution in [0.3, 0.4) is 0 Å². The van der Waals surface area contributed by atoms with Crippen molar-refractivity contribution >= 4 is 12.4 Å². The van der Waals surface area contributed by atoms with Gasteiger partial charge in [0.15, 0.2) is 6.34 Å². The Hall–Kier alpha value is -1.16. The third-order valence-corrected chi connectivity index (χ3v) is 5.44. The van der Waals surface area contributed by atoms with Gasteiger partial charge in [-0.2, -0.15) is 4.48 Å². The average molecular weight is 365 g/mol. The molecular formula is C22H42N3O+. The summed E-state index contributed by atoms with van der Waals surface area (Å²) in [6.45, 7) is 4.57. The number of hydrogen-bond donors (Lipinski definition) is 1. The van der Waals surface area contributed by atoms with E-state index < -0.39 is 0 Å². The fraction of sp³-hybridized carbons (Fsp3) is 0.818. The zero-order valence-corrected chi connectivity index (χ0v) is 17.1. The number of quaternary nitrogens is 1. The van der Waals surface area contributed by atoms with Crippen LogP contribution in [0.1, 0.15) is 96.8 Å². The first-order chi connectivity index (χ1) is 12.7. The van der Waals surface area contributed by atoms with Gasteiger partial charge >= 0.3 is 6.03 Å². The Kier molecular flexibility index (Phi) is 13.2. The quantitative estimate of drug-likeness (QED) is 0.205. The molecular weight excluding hydrogens is 322 g/mol. The predicted molar refractivity (Wildman–Crippen MR) is 112 cm³/mol. The number of allylic oxidation sites excluding steroid dienone is 2. The van der Waals surface area contributed by atoms with Gasteiger partial charge in [-0.3, -0.25) is 0 Å². The largest absolute Gasteiger partial charge is 0.419 e. The van der Waals surface area contributed by atoms with Crippen molar-refractivity contribution < 1.29 is 9.28 Å². The molecule has 0 spiro atoms. The highest BCUT2D eigenvalue weighted by molar-refractivity contribution is 5.74. The zero-order valence-electron chi connectivity index (χ0n) is 17.1. The van der Waals surface area contributed by atoms with Crippen LogP contribution < -0.4 is 5.73 Å². The van der Waals surface area contributed by atoms with E-state index in [1.54, 1.807) is 6.34 Å². The molecule has 0 aromatic carbocycles. The summed E-state index contributed by atoms with van der Waals surface area (Å²) >= 11 is 0. The van der Waals surface area contributed by atoms with E-state index in [9.17, 15) is 4.79 Å². The molecule has 0 saturated carbocycles. The molecule has 2 amide bonds. The molecule has 26 heavy (non-hydrogen) atoms. The number of carbonyl (C=O) groups is 1. The van der Waals surface area contributed by atoms with E-state index in [4.69, 9.17) is 5.73 Å². The van der Waals surface area contributed by atoms with Crippen LogP contribution in [0.15, 0.2) is 17.1 Å². The summed E-state index contributed by atoms with van der Waals surface area (Å²) in [4.78, 5) is 15.8. The molecule has 0 bridgehead atoms.